The van der Waals surface area contributed by atoms with E-state index in [0.29, 0.717) is 25.6 Å². The number of fused-ring (bicyclic) bond motifs is 1. The van der Waals surface area contributed by atoms with Crippen LogP contribution in [0.5, 0.6) is 5.75 Å². The van der Waals surface area contributed by atoms with Gasteiger partial charge in [-0.1, -0.05) is 26.0 Å². The average Bonchev–Trinajstić information content (AvgIpc) is 2.94. The van der Waals surface area contributed by atoms with E-state index in [1.165, 1.54) is 11.1 Å². The van der Waals surface area contributed by atoms with Crippen molar-refractivity contribution in [3.8, 4) is 5.75 Å². The lowest BCUT2D eigenvalue weighted by atomic mass is 9.96. The minimum Gasteiger partial charge on any atom is -0.496 e. The van der Waals surface area contributed by atoms with E-state index in [1.807, 2.05) is 21.9 Å². The molecule has 0 aromatic heterocycles. The summed E-state index contributed by atoms with van der Waals surface area (Å²) >= 11 is 0. The van der Waals surface area contributed by atoms with Crippen molar-refractivity contribution in [2.45, 2.75) is 39.5 Å². The van der Waals surface area contributed by atoms with E-state index in [2.05, 4.69) is 25.2 Å². The topological polar surface area (TPSA) is 61.9 Å². The van der Waals surface area contributed by atoms with Gasteiger partial charge >= 0.3 is 6.03 Å². The Kier molecular flexibility index (Phi) is 6.81. The van der Waals surface area contributed by atoms with E-state index < -0.39 is 0 Å². The summed E-state index contributed by atoms with van der Waals surface area (Å²) in [6.45, 7) is 7.52. The number of carbonyl (C=O) groups is 2. The standard InChI is InChI=1S/C22H33N3O3/c1-16(2)14-23-22(27)25-11-5-7-18(15-25)21(26)24-12-9-17-6-4-8-20(28-3)19(17)10-13-24/h4,6,8,16,18H,5,7,9-15H2,1-3H3,(H,23,27). The molecule has 6 heteroatoms. The van der Waals surface area contributed by atoms with Crippen molar-refractivity contribution in [3.63, 3.8) is 0 Å². The molecule has 1 aromatic rings. The highest BCUT2D eigenvalue weighted by atomic mass is 16.5. The van der Waals surface area contributed by atoms with E-state index in [9.17, 15) is 9.59 Å². The minimum atomic E-state index is -0.0957. The molecular formula is C22H33N3O3. The van der Waals surface area contributed by atoms with Gasteiger partial charge in [0.1, 0.15) is 5.75 Å². The Hall–Kier alpha value is -2.24. The molecule has 1 aromatic carbocycles. The largest absolute Gasteiger partial charge is 0.496 e. The predicted molar refractivity (Wildman–Crippen MR) is 110 cm³/mol. The molecule has 1 saturated heterocycles. The molecule has 2 aliphatic rings. The fraction of sp³-hybridized carbons (Fsp3) is 0.636. The molecule has 3 rings (SSSR count). The Bertz CT molecular complexity index is 704. The maximum atomic E-state index is 13.2. The first-order valence-corrected chi connectivity index (χ1v) is 10.5. The molecule has 2 aliphatic heterocycles. The Balaban J connectivity index is 1.60. The van der Waals surface area contributed by atoms with Crippen molar-refractivity contribution in [2.24, 2.45) is 11.8 Å². The number of piperidine rings is 1. The Morgan fingerprint density at radius 3 is 2.71 bits per heavy atom. The first-order chi connectivity index (χ1) is 13.5. The van der Waals surface area contributed by atoms with Crippen molar-refractivity contribution < 1.29 is 14.3 Å². The van der Waals surface area contributed by atoms with Crippen LogP contribution in [0.3, 0.4) is 0 Å². The number of benzene rings is 1. The molecule has 6 nitrogen and oxygen atoms in total. The van der Waals surface area contributed by atoms with Crippen molar-refractivity contribution in [2.75, 3.05) is 39.8 Å². The Labute approximate surface area is 168 Å². The van der Waals surface area contributed by atoms with E-state index in [0.717, 1.165) is 44.5 Å². The van der Waals surface area contributed by atoms with Gasteiger partial charge in [0.15, 0.2) is 0 Å². The van der Waals surface area contributed by atoms with Crippen LogP contribution in [0, 0.1) is 11.8 Å². The first kappa shape index (κ1) is 20.5. The summed E-state index contributed by atoms with van der Waals surface area (Å²) < 4.78 is 5.51. The van der Waals surface area contributed by atoms with Crippen molar-refractivity contribution in [1.29, 1.82) is 0 Å². The van der Waals surface area contributed by atoms with Crippen LogP contribution < -0.4 is 10.1 Å². The number of carbonyl (C=O) groups excluding carboxylic acids is 2. The molecule has 0 saturated carbocycles. The van der Waals surface area contributed by atoms with Gasteiger partial charge in [-0.05, 0) is 48.8 Å². The van der Waals surface area contributed by atoms with Gasteiger partial charge < -0.3 is 19.9 Å². The number of nitrogens with zero attached hydrogens (tertiary/aromatic N) is 2. The molecule has 3 amide bonds. The summed E-state index contributed by atoms with van der Waals surface area (Å²) in [6.07, 6.45) is 3.41. The van der Waals surface area contributed by atoms with Gasteiger partial charge in [-0.25, -0.2) is 4.79 Å². The normalized spacial score (nSPS) is 19.8. The lowest BCUT2D eigenvalue weighted by molar-refractivity contribution is -0.136. The lowest BCUT2D eigenvalue weighted by Crippen LogP contribution is -2.50. The number of hydrogen-bond donors (Lipinski definition) is 1. The van der Waals surface area contributed by atoms with Crippen molar-refractivity contribution >= 4 is 11.9 Å². The highest BCUT2D eigenvalue weighted by Crippen LogP contribution is 2.27. The second-order valence-corrected chi connectivity index (χ2v) is 8.29. The number of ether oxygens (including phenoxy) is 1. The molecule has 1 N–H and O–H groups in total. The summed E-state index contributed by atoms with van der Waals surface area (Å²) in [6, 6.07) is 6.10. The van der Waals surface area contributed by atoms with Gasteiger partial charge in [-0.15, -0.1) is 0 Å². The number of nitrogens with one attached hydrogen (secondary N) is 1. The van der Waals surface area contributed by atoms with Crippen molar-refractivity contribution in [3.05, 3.63) is 29.3 Å². The molecular weight excluding hydrogens is 354 g/mol. The maximum Gasteiger partial charge on any atom is 0.317 e. The van der Waals surface area contributed by atoms with Crippen molar-refractivity contribution in [1.82, 2.24) is 15.1 Å². The molecule has 2 heterocycles. The smallest absolute Gasteiger partial charge is 0.317 e. The summed E-state index contributed by atoms with van der Waals surface area (Å²) in [7, 11) is 1.70. The molecule has 1 fully saturated rings. The number of rotatable bonds is 4. The van der Waals surface area contributed by atoms with E-state index >= 15 is 0 Å². The number of urea groups is 1. The molecule has 154 valence electrons. The van der Waals surface area contributed by atoms with Crippen LogP contribution in [0.15, 0.2) is 18.2 Å². The molecule has 1 unspecified atom stereocenters. The zero-order valence-electron chi connectivity index (χ0n) is 17.4. The summed E-state index contributed by atoms with van der Waals surface area (Å²) in [5.41, 5.74) is 2.49. The second kappa shape index (κ2) is 9.30. The molecule has 0 radical (unpaired) electrons. The van der Waals surface area contributed by atoms with Crippen LogP contribution in [0.4, 0.5) is 4.79 Å². The molecule has 0 spiro atoms. The minimum absolute atomic E-state index is 0.0424. The SMILES string of the molecule is COc1cccc2c1CCN(C(=O)C1CCCN(C(=O)NCC(C)C)C1)CC2. The van der Waals surface area contributed by atoms with Gasteiger partial charge in [-0.3, -0.25) is 4.79 Å². The first-order valence-electron chi connectivity index (χ1n) is 10.5. The van der Waals surface area contributed by atoms with Gasteiger partial charge in [0.05, 0.1) is 13.0 Å². The molecule has 1 atom stereocenters. The monoisotopic (exact) mass is 387 g/mol. The average molecular weight is 388 g/mol. The number of methoxy groups -OCH3 is 1. The van der Waals surface area contributed by atoms with Crippen LogP contribution in [0.25, 0.3) is 0 Å². The summed E-state index contributed by atoms with van der Waals surface area (Å²) in [5, 5.41) is 2.97. The number of amides is 3. The molecule has 0 aliphatic carbocycles. The van der Waals surface area contributed by atoms with Gasteiger partial charge in [0.25, 0.3) is 0 Å². The maximum absolute atomic E-state index is 13.2. The lowest BCUT2D eigenvalue weighted by Gasteiger charge is -2.35. The second-order valence-electron chi connectivity index (χ2n) is 8.29. The summed E-state index contributed by atoms with van der Waals surface area (Å²) in [4.78, 5) is 29.4. The molecule has 28 heavy (non-hydrogen) atoms. The van der Waals surface area contributed by atoms with E-state index in [-0.39, 0.29) is 17.9 Å². The molecule has 0 bridgehead atoms. The number of hydrogen-bond acceptors (Lipinski definition) is 3. The number of likely N-dealkylation sites (tertiary alicyclic amines) is 1. The van der Waals surface area contributed by atoms with Gasteiger partial charge in [-0.2, -0.15) is 0 Å². The van der Waals surface area contributed by atoms with E-state index in [4.69, 9.17) is 4.74 Å². The van der Waals surface area contributed by atoms with Gasteiger partial charge in [0, 0.05) is 32.7 Å². The van der Waals surface area contributed by atoms with Crippen LogP contribution in [0.2, 0.25) is 0 Å². The van der Waals surface area contributed by atoms with Crippen LogP contribution in [0.1, 0.15) is 37.8 Å². The van der Waals surface area contributed by atoms with Crippen LogP contribution in [-0.4, -0.2) is 61.6 Å². The predicted octanol–water partition coefficient (Wildman–Crippen LogP) is 2.70. The quantitative estimate of drug-likeness (QED) is 0.864. The summed E-state index contributed by atoms with van der Waals surface area (Å²) in [5.74, 6) is 1.43. The highest BCUT2D eigenvalue weighted by molar-refractivity contribution is 5.81. The van der Waals surface area contributed by atoms with E-state index in [1.54, 1.807) is 7.11 Å². The Morgan fingerprint density at radius 2 is 1.96 bits per heavy atom. The highest BCUT2D eigenvalue weighted by Gasteiger charge is 2.32. The third-order valence-corrected chi connectivity index (χ3v) is 5.76. The van der Waals surface area contributed by atoms with Crippen LogP contribution >= 0.6 is 0 Å². The third kappa shape index (κ3) is 4.78. The fourth-order valence-electron chi connectivity index (χ4n) is 4.18. The van der Waals surface area contributed by atoms with Gasteiger partial charge in [0.2, 0.25) is 5.91 Å². The fourth-order valence-corrected chi connectivity index (χ4v) is 4.18. The third-order valence-electron chi connectivity index (χ3n) is 5.76. The Morgan fingerprint density at radius 1 is 1.18 bits per heavy atom. The van der Waals surface area contributed by atoms with Crippen LogP contribution in [-0.2, 0) is 17.6 Å². The zero-order chi connectivity index (χ0) is 20.1. The zero-order valence-corrected chi connectivity index (χ0v) is 17.4.